The molecule has 3 heteroatoms. The molecule has 3 nitrogen and oxygen atoms in total. The second-order valence-corrected chi connectivity index (χ2v) is 5.67. The smallest absolute Gasteiger partial charge is 0.120 e. The van der Waals surface area contributed by atoms with E-state index in [2.05, 4.69) is 44.3 Å². The number of hydrogen-bond acceptors (Lipinski definition) is 3. The van der Waals surface area contributed by atoms with Crippen LogP contribution in [0.5, 0.6) is 5.75 Å². The minimum atomic E-state index is 0.264. The molecule has 1 saturated heterocycles. The van der Waals surface area contributed by atoms with Crippen LogP contribution in [0.15, 0.2) is 24.3 Å². The van der Waals surface area contributed by atoms with E-state index < -0.39 is 0 Å². The summed E-state index contributed by atoms with van der Waals surface area (Å²) >= 11 is 0. The van der Waals surface area contributed by atoms with E-state index in [1.807, 2.05) is 6.07 Å². The Morgan fingerprint density at radius 1 is 1.40 bits per heavy atom. The molecule has 2 rings (SSSR count). The van der Waals surface area contributed by atoms with Gasteiger partial charge in [0.1, 0.15) is 5.75 Å². The number of nitrogens with one attached hydrogen (secondary N) is 1. The van der Waals surface area contributed by atoms with Crippen LogP contribution in [0.1, 0.15) is 51.6 Å². The molecule has 1 N–H and O–H groups in total. The monoisotopic (exact) mass is 277 g/mol. The minimum absolute atomic E-state index is 0.264. The van der Waals surface area contributed by atoms with Crippen LogP contribution < -0.4 is 10.1 Å². The molecule has 0 aromatic heterocycles. The van der Waals surface area contributed by atoms with Crippen molar-refractivity contribution in [1.29, 1.82) is 0 Å². The molecule has 0 saturated carbocycles. The van der Waals surface area contributed by atoms with E-state index in [1.54, 1.807) is 0 Å². The van der Waals surface area contributed by atoms with Crippen molar-refractivity contribution in [3.8, 4) is 5.75 Å². The Labute approximate surface area is 122 Å². The maximum atomic E-state index is 5.88. The van der Waals surface area contributed by atoms with Crippen molar-refractivity contribution in [2.45, 2.75) is 58.3 Å². The lowest BCUT2D eigenvalue weighted by Gasteiger charge is -2.19. The fourth-order valence-electron chi connectivity index (χ4n) is 2.40. The van der Waals surface area contributed by atoms with Gasteiger partial charge in [-0.2, -0.15) is 0 Å². The third kappa shape index (κ3) is 4.50. The summed E-state index contributed by atoms with van der Waals surface area (Å²) in [6, 6.07) is 8.70. The molecule has 0 aliphatic carbocycles. The van der Waals surface area contributed by atoms with Gasteiger partial charge in [0.2, 0.25) is 0 Å². The molecule has 0 radical (unpaired) electrons. The van der Waals surface area contributed by atoms with Crippen molar-refractivity contribution in [3.63, 3.8) is 0 Å². The number of rotatable bonds is 7. The Morgan fingerprint density at radius 2 is 2.25 bits per heavy atom. The van der Waals surface area contributed by atoms with Gasteiger partial charge in [-0.1, -0.05) is 19.1 Å². The van der Waals surface area contributed by atoms with Crippen molar-refractivity contribution in [2.75, 3.05) is 13.2 Å². The molecule has 20 heavy (non-hydrogen) atoms. The summed E-state index contributed by atoms with van der Waals surface area (Å²) in [6.07, 6.45) is 4.05. The van der Waals surface area contributed by atoms with Gasteiger partial charge in [-0.15, -0.1) is 0 Å². The van der Waals surface area contributed by atoms with Crippen LogP contribution in [0, 0.1) is 0 Å². The maximum absolute atomic E-state index is 5.88. The Morgan fingerprint density at radius 3 is 2.95 bits per heavy atom. The topological polar surface area (TPSA) is 30.5 Å². The lowest BCUT2D eigenvalue weighted by molar-refractivity contribution is 0.108. The highest BCUT2D eigenvalue weighted by molar-refractivity contribution is 5.30. The molecule has 0 unspecified atom stereocenters. The van der Waals surface area contributed by atoms with E-state index >= 15 is 0 Å². The predicted molar refractivity (Wildman–Crippen MR) is 82.2 cm³/mol. The van der Waals surface area contributed by atoms with Crippen LogP contribution in [-0.2, 0) is 4.74 Å². The maximum Gasteiger partial charge on any atom is 0.120 e. The van der Waals surface area contributed by atoms with E-state index in [0.29, 0.717) is 12.1 Å². The summed E-state index contributed by atoms with van der Waals surface area (Å²) < 4.78 is 11.5. The highest BCUT2D eigenvalue weighted by atomic mass is 16.5. The van der Waals surface area contributed by atoms with E-state index in [0.717, 1.165) is 25.3 Å². The summed E-state index contributed by atoms with van der Waals surface area (Å²) in [6.45, 7) is 8.28. The third-order valence-corrected chi connectivity index (χ3v) is 3.95. The molecule has 112 valence electrons. The molecule has 1 aromatic rings. The van der Waals surface area contributed by atoms with E-state index in [9.17, 15) is 0 Å². The van der Waals surface area contributed by atoms with Crippen molar-refractivity contribution in [1.82, 2.24) is 5.32 Å². The Bertz CT molecular complexity index is 402. The minimum Gasteiger partial charge on any atom is -0.491 e. The van der Waals surface area contributed by atoms with Crippen LogP contribution >= 0.6 is 0 Å². The fourth-order valence-corrected chi connectivity index (χ4v) is 2.40. The molecule has 1 fully saturated rings. The Kier molecular flexibility index (Phi) is 5.86. The number of benzene rings is 1. The average molecular weight is 277 g/mol. The van der Waals surface area contributed by atoms with E-state index in [4.69, 9.17) is 9.47 Å². The van der Waals surface area contributed by atoms with Gasteiger partial charge < -0.3 is 14.8 Å². The van der Waals surface area contributed by atoms with Gasteiger partial charge in [0.25, 0.3) is 0 Å². The van der Waals surface area contributed by atoms with Gasteiger partial charge in [-0.25, -0.2) is 0 Å². The largest absolute Gasteiger partial charge is 0.491 e. The lowest BCUT2D eigenvalue weighted by Crippen LogP contribution is -2.28. The quantitative estimate of drug-likeness (QED) is 0.824. The van der Waals surface area contributed by atoms with Crippen LogP contribution in [0.4, 0.5) is 0 Å². The highest BCUT2D eigenvalue weighted by Gasteiger charge is 2.16. The first kappa shape index (κ1) is 15.3. The fraction of sp³-hybridized carbons (Fsp3) is 0.647. The van der Waals surface area contributed by atoms with Crippen LogP contribution in [-0.4, -0.2) is 25.4 Å². The first-order valence-corrected chi connectivity index (χ1v) is 7.80. The molecule has 0 amide bonds. The number of hydrogen-bond donors (Lipinski definition) is 1. The molecule has 1 heterocycles. The molecule has 0 spiro atoms. The Balaban J connectivity index is 1.88. The summed E-state index contributed by atoms with van der Waals surface area (Å²) in [4.78, 5) is 0. The van der Waals surface area contributed by atoms with Gasteiger partial charge in [-0.05, 0) is 50.8 Å². The predicted octanol–water partition coefficient (Wildman–Crippen LogP) is 3.69. The average Bonchev–Trinajstić information content (AvgIpc) is 2.98. The second kappa shape index (κ2) is 7.65. The van der Waals surface area contributed by atoms with Crippen LogP contribution in [0.25, 0.3) is 0 Å². The molecule has 3 atom stereocenters. The van der Waals surface area contributed by atoms with Crippen molar-refractivity contribution in [3.05, 3.63) is 29.8 Å². The van der Waals surface area contributed by atoms with Crippen molar-refractivity contribution in [2.24, 2.45) is 0 Å². The standard InChI is InChI=1S/C17H27NO2/c1-4-13(2)20-16-8-5-7-15(11-16)14(3)18-12-17-9-6-10-19-17/h5,7-8,11,13-14,17-18H,4,6,9-10,12H2,1-3H3/t13-,14-,17+/m0/s1. The second-order valence-electron chi connectivity index (χ2n) is 5.67. The van der Waals surface area contributed by atoms with Crippen molar-refractivity contribution >= 4 is 0 Å². The van der Waals surface area contributed by atoms with E-state index in [-0.39, 0.29) is 6.10 Å². The lowest BCUT2D eigenvalue weighted by atomic mass is 10.1. The normalized spacial score (nSPS) is 21.6. The molecular formula is C17H27NO2. The van der Waals surface area contributed by atoms with Gasteiger partial charge in [0.05, 0.1) is 12.2 Å². The highest BCUT2D eigenvalue weighted by Crippen LogP contribution is 2.21. The van der Waals surface area contributed by atoms with Crippen LogP contribution in [0.3, 0.4) is 0 Å². The van der Waals surface area contributed by atoms with Crippen molar-refractivity contribution < 1.29 is 9.47 Å². The summed E-state index contributed by atoms with van der Waals surface area (Å²) in [5, 5.41) is 3.55. The Hall–Kier alpha value is -1.06. The SMILES string of the molecule is CC[C@H](C)Oc1cccc([C@H](C)NC[C@H]2CCCO2)c1. The van der Waals surface area contributed by atoms with Gasteiger partial charge in [-0.3, -0.25) is 0 Å². The molecule has 1 aliphatic heterocycles. The first-order valence-electron chi connectivity index (χ1n) is 7.80. The summed E-state index contributed by atoms with van der Waals surface area (Å²) in [5.74, 6) is 0.961. The molecule has 1 aliphatic rings. The molecule has 1 aromatic carbocycles. The molecular weight excluding hydrogens is 250 g/mol. The zero-order valence-corrected chi connectivity index (χ0v) is 12.9. The third-order valence-electron chi connectivity index (χ3n) is 3.95. The van der Waals surface area contributed by atoms with Crippen LogP contribution in [0.2, 0.25) is 0 Å². The van der Waals surface area contributed by atoms with Gasteiger partial charge >= 0.3 is 0 Å². The van der Waals surface area contributed by atoms with E-state index in [1.165, 1.54) is 18.4 Å². The summed E-state index contributed by atoms with van der Waals surface area (Å²) in [7, 11) is 0. The number of ether oxygens (including phenoxy) is 2. The zero-order valence-electron chi connectivity index (χ0n) is 12.9. The summed E-state index contributed by atoms with van der Waals surface area (Å²) in [5.41, 5.74) is 1.27. The first-order chi connectivity index (χ1) is 9.69. The van der Waals surface area contributed by atoms with Gasteiger partial charge in [0, 0.05) is 19.2 Å². The molecule has 0 bridgehead atoms. The zero-order chi connectivity index (χ0) is 14.4. The van der Waals surface area contributed by atoms with Gasteiger partial charge in [0.15, 0.2) is 0 Å².